The predicted molar refractivity (Wildman–Crippen MR) is 99.8 cm³/mol. The molecule has 1 rings (SSSR count). The lowest BCUT2D eigenvalue weighted by atomic mass is 10.0. The first-order valence-corrected chi connectivity index (χ1v) is 9.68. The van der Waals surface area contributed by atoms with Gasteiger partial charge in [-0.1, -0.05) is 44.1 Å². The van der Waals surface area contributed by atoms with Gasteiger partial charge in [0.25, 0.3) is 0 Å². The molecule has 1 aliphatic heterocycles. The molecule has 6 nitrogen and oxygen atoms in total. The summed E-state index contributed by atoms with van der Waals surface area (Å²) in [5.74, 6) is -0.882. The van der Waals surface area contributed by atoms with Crippen LogP contribution in [0.25, 0.3) is 0 Å². The van der Waals surface area contributed by atoms with Crippen molar-refractivity contribution in [2.45, 2.75) is 95.2 Å². The van der Waals surface area contributed by atoms with E-state index in [2.05, 4.69) is 13.0 Å². The summed E-state index contributed by atoms with van der Waals surface area (Å²) in [6, 6.07) is 0. The average Bonchev–Trinajstić information content (AvgIpc) is 2.96. The molecule has 1 heterocycles. The lowest BCUT2D eigenvalue weighted by Gasteiger charge is -2.16. The fraction of sp³-hybridized carbons (Fsp3) is 0.750. The van der Waals surface area contributed by atoms with Gasteiger partial charge in [0.2, 0.25) is 0 Å². The monoisotopic (exact) mass is 370 g/mol. The fourth-order valence-corrected chi connectivity index (χ4v) is 2.96. The Labute approximate surface area is 156 Å². The Kier molecular flexibility index (Phi) is 11.4. The molecular weight excluding hydrogens is 336 g/mol. The third-order valence-corrected chi connectivity index (χ3v) is 4.55. The number of ether oxygens (including phenoxy) is 1. The second kappa shape index (κ2) is 13.0. The van der Waals surface area contributed by atoms with E-state index in [1.807, 2.05) is 6.08 Å². The van der Waals surface area contributed by atoms with E-state index in [1.54, 1.807) is 6.08 Å². The zero-order valence-corrected chi connectivity index (χ0v) is 15.7. The highest BCUT2D eigenvalue weighted by Gasteiger charge is 2.35. The minimum absolute atomic E-state index is 0.0215. The number of hydrogen-bond acceptors (Lipinski definition) is 5. The number of carboxylic acid groups (broad SMARTS) is 1. The molecule has 1 saturated heterocycles. The van der Waals surface area contributed by atoms with Crippen molar-refractivity contribution in [1.29, 1.82) is 0 Å². The second-order valence-corrected chi connectivity index (χ2v) is 6.95. The highest BCUT2D eigenvalue weighted by atomic mass is 16.5. The number of aliphatic carboxylic acids is 1. The summed E-state index contributed by atoms with van der Waals surface area (Å²) in [5, 5.41) is 38.7. The first kappa shape index (κ1) is 22.8. The van der Waals surface area contributed by atoms with Crippen LogP contribution in [0.1, 0.15) is 64.7 Å². The zero-order valence-electron chi connectivity index (χ0n) is 15.7. The molecule has 0 aromatic rings. The smallest absolute Gasteiger partial charge is 0.303 e. The van der Waals surface area contributed by atoms with Crippen LogP contribution in [-0.2, 0) is 9.53 Å². The predicted octanol–water partition coefficient (Wildman–Crippen LogP) is 2.56. The van der Waals surface area contributed by atoms with Gasteiger partial charge in [0.1, 0.15) is 6.10 Å². The molecule has 0 aromatic heterocycles. The average molecular weight is 370 g/mol. The molecule has 6 heteroatoms. The first-order valence-electron chi connectivity index (χ1n) is 9.68. The van der Waals surface area contributed by atoms with Crippen molar-refractivity contribution in [1.82, 2.24) is 0 Å². The third kappa shape index (κ3) is 9.48. The number of hydrogen-bond donors (Lipinski definition) is 4. The van der Waals surface area contributed by atoms with Crippen molar-refractivity contribution < 1.29 is 30.0 Å². The molecule has 1 aliphatic rings. The molecule has 0 bridgehead atoms. The highest BCUT2D eigenvalue weighted by Crippen LogP contribution is 2.25. The van der Waals surface area contributed by atoms with Gasteiger partial charge in [-0.15, -0.1) is 0 Å². The number of rotatable bonds is 13. The summed E-state index contributed by atoms with van der Waals surface area (Å²) in [5.41, 5.74) is 0. The first-order chi connectivity index (χ1) is 12.4. The van der Waals surface area contributed by atoms with Crippen molar-refractivity contribution in [2.24, 2.45) is 0 Å². The maximum atomic E-state index is 10.5. The molecular formula is C20H34O6. The summed E-state index contributed by atoms with van der Waals surface area (Å²) in [7, 11) is 0. The van der Waals surface area contributed by atoms with E-state index in [9.17, 15) is 20.1 Å². The zero-order chi connectivity index (χ0) is 19.4. The number of carbonyl (C=O) groups is 1. The number of aliphatic hydroxyl groups is 3. The van der Waals surface area contributed by atoms with Crippen LogP contribution in [0.2, 0.25) is 0 Å². The Bertz CT molecular complexity index is 448. The van der Waals surface area contributed by atoms with E-state index < -0.39 is 36.5 Å². The molecule has 0 aromatic carbocycles. The van der Waals surface area contributed by atoms with Crippen LogP contribution in [-0.4, -0.2) is 56.9 Å². The molecule has 0 unspecified atom stereocenters. The molecule has 4 N–H and O–H groups in total. The van der Waals surface area contributed by atoms with Gasteiger partial charge in [-0.2, -0.15) is 0 Å². The van der Waals surface area contributed by atoms with Gasteiger partial charge in [-0.25, -0.2) is 0 Å². The summed E-state index contributed by atoms with van der Waals surface area (Å²) in [4.78, 5) is 10.5. The topological polar surface area (TPSA) is 107 Å². The van der Waals surface area contributed by atoms with E-state index in [0.717, 1.165) is 12.8 Å². The molecule has 150 valence electrons. The van der Waals surface area contributed by atoms with Crippen molar-refractivity contribution in [2.75, 3.05) is 0 Å². The van der Waals surface area contributed by atoms with E-state index in [0.29, 0.717) is 25.7 Å². The van der Waals surface area contributed by atoms with Gasteiger partial charge >= 0.3 is 5.97 Å². The molecule has 1 fully saturated rings. The minimum Gasteiger partial charge on any atom is -0.481 e. The minimum atomic E-state index is -0.882. The largest absolute Gasteiger partial charge is 0.481 e. The Morgan fingerprint density at radius 1 is 1.23 bits per heavy atom. The van der Waals surface area contributed by atoms with Crippen LogP contribution in [0.5, 0.6) is 0 Å². The second-order valence-electron chi connectivity index (χ2n) is 6.95. The van der Waals surface area contributed by atoms with Crippen molar-refractivity contribution in [3.05, 3.63) is 24.3 Å². The van der Waals surface area contributed by atoms with Gasteiger partial charge in [0.15, 0.2) is 0 Å². The third-order valence-electron chi connectivity index (χ3n) is 4.55. The lowest BCUT2D eigenvalue weighted by Crippen LogP contribution is -2.25. The van der Waals surface area contributed by atoms with Crippen molar-refractivity contribution in [3.63, 3.8) is 0 Å². The molecule has 0 saturated carbocycles. The molecule has 0 aliphatic carbocycles. The van der Waals surface area contributed by atoms with Gasteiger partial charge in [-0.3, -0.25) is 4.79 Å². The van der Waals surface area contributed by atoms with Crippen molar-refractivity contribution >= 4 is 5.97 Å². The van der Waals surface area contributed by atoms with Gasteiger partial charge in [-0.05, 0) is 32.1 Å². The summed E-state index contributed by atoms with van der Waals surface area (Å²) in [6.45, 7) is 2.16. The molecule has 0 radical (unpaired) electrons. The summed E-state index contributed by atoms with van der Waals surface area (Å²) >= 11 is 0. The number of carboxylic acids is 1. The maximum absolute atomic E-state index is 10.5. The van der Waals surface area contributed by atoms with Crippen LogP contribution in [0.3, 0.4) is 0 Å². The van der Waals surface area contributed by atoms with Crippen molar-refractivity contribution in [3.8, 4) is 0 Å². The molecule has 0 amide bonds. The summed E-state index contributed by atoms with van der Waals surface area (Å²) in [6.07, 6.45) is 10.2. The number of aliphatic hydroxyl groups excluding tert-OH is 3. The van der Waals surface area contributed by atoms with Crippen LogP contribution in [0, 0.1) is 0 Å². The van der Waals surface area contributed by atoms with E-state index in [4.69, 9.17) is 9.84 Å². The van der Waals surface area contributed by atoms with Crippen LogP contribution in [0.15, 0.2) is 24.3 Å². The van der Waals surface area contributed by atoms with Crippen LogP contribution >= 0.6 is 0 Å². The van der Waals surface area contributed by atoms with Crippen LogP contribution in [0.4, 0.5) is 0 Å². The molecule has 26 heavy (non-hydrogen) atoms. The Morgan fingerprint density at radius 2 is 2.00 bits per heavy atom. The van der Waals surface area contributed by atoms with Crippen LogP contribution < -0.4 is 0 Å². The maximum Gasteiger partial charge on any atom is 0.303 e. The normalized spacial score (nSPS) is 25.9. The van der Waals surface area contributed by atoms with E-state index >= 15 is 0 Å². The molecule has 0 spiro atoms. The SMILES string of the molecule is CCCCC/C=C\C[C@@H](O)[C@@H]1C[C@H](O)[C@@H](/C=C/[C@H](O)CCCC(=O)O)O1. The summed E-state index contributed by atoms with van der Waals surface area (Å²) < 4.78 is 5.70. The number of allylic oxidation sites excluding steroid dienone is 1. The number of unbranched alkanes of at least 4 members (excludes halogenated alkanes) is 3. The standard InChI is InChI=1S/C20H34O6/c1-2-3-4-5-6-7-10-16(22)19-14-17(23)18(26-19)13-12-15(21)9-8-11-20(24)25/h6-7,12-13,15-19,21-23H,2-5,8-11,14H2,1H3,(H,24,25)/b7-6-,13-12+/t15-,16-,17+,18-,19+/m1/s1. The Hall–Kier alpha value is -1.21. The Balaban J connectivity index is 2.32. The van der Waals surface area contributed by atoms with Gasteiger partial charge < -0.3 is 25.2 Å². The fourth-order valence-electron chi connectivity index (χ4n) is 2.96. The van der Waals surface area contributed by atoms with Gasteiger partial charge in [0, 0.05) is 12.8 Å². The van der Waals surface area contributed by atoms with E-state index in [-0.39, 0.29) is 6.42 Å². The van der Waals surface area contributed by atoms with E-state index in [1.165, 1.54) is 18.9 Å². The van der Waals surface area contributed by atoms with Gasteiger partial charge in [0.05, 0.1) is 24.4 Å². The molecule has 5 atom stereocenters. The lowest BCUT2D eigenvalue weighted by molar-refractivity contribution is -0.137. The quantitative estimate of drug-likeness (QED) is 0.293. The highest BCUT2D eigenvalue weighted by molar-refractivity contribution is 5.66. The Morgan fingerprint density at radius 3 is 2.69 bits per heavy atom.